The Balaban J connectivity index is 1.57. The van der Waals surface area contributed by atoms with Gasteiger partial charge in [0.05, 0.1) is 13.2 Å². The molecular weight excluding hydrogens is 406 g/mol. The summed E-state index contributed by atoms with van der Waals surface area (Å²) in [7, 11) is 1.72. The summed E-state index contributed by atoms with van der Waals surface area (Å²) in [6.45, 7) is 6.95. The van der Waals surface area contributed by atoms with Crippen LogP contribution in [0.3, 0.4) is 0 Å². The summed E-state index contributed by atoms with van der Waals surface area (Å²) < 4.78 is 8.88. The molecule has 3 aromatic rings. The molecule has 32 heavy (non-hydrogen) atoms. The fraction of sp³-hybridized carbons (Fsp3) is 0.375. The van der Waals surface area contributed by atoms with E-state index in [0.29, 0.717) is 30.2 Å². The molecule has 8 heteroatoms. The third kappa shape index (κ3) is 5.15. The van der Waals surface area contributed by atoms with Gasteiger partial charge in [-0.05, 0) is 18.6 Å². The SMILES string of the molecule is Cc1cc(-c2nc(C(=O)NCCN3CCOCC3)cn2Cc2ccccc2)cn(C)c1=O. The Kier molecular flexibility index (Phi) is 6.82. The maximum Gasteiger partial charge on any atom is 0.271 e. The lowest BCUT2D eigenvalue weighted by Gasteiger charge is -2.26. The van der Waals surface area contributed by atoms with Crippen LogP contribution in [0.1, 0.15) is 21.6 Å². The minimum atomic E-state index is -0.201. The fourth-order valence-electron chi connectivity index (χ4n) is 3.90. The van der Waals surface area contributed by atoms with Crippen LogP contribution in [0.15, 0.2) is 53.6 Å². The largest absolute Gasteiger partial charge is 0.379 e. The Morgan fingerprint density at radius 2 is 1.91 bits per heavy atom. The second-order valence-electron chi connectivity index (χ2n) is 8.10. The van der Waals surface area contributed by atoms with E-state index in [1.807, 2.05) is 41.0 Å². The number of benzene rings is 1. The zero-order chi connectivity index (χ0) is 22.5. The van der Waals surface area contributed by atoms with Crippen molar-refractivity contribution < 1.29 is 9.53 Å². The van der Waals surface area contributed by atoms with Crippen LogP contribution in [0.4, 0.5) is 0 Å². The molecule has 0 unspecified atom stereocenters. The Morgan fingerprint density at radius 1 is 1.16 bits per heavy atom. The molecule has 2 aromatic heterocycles. The molecule has 4 rings (SSSR count). The van der Waals surface area contributed by atoms with Gasteiger partial charge in [-0.3, -0.25) is 14.5 Å². The highest BCUT2D eigenvalue weighted by atomic mass is 16.5. The normalized spacial score (nSPS) is 14.4. The Bertz CT molecular complexity index is 1100. The molecule has 0 saturated carbocycles. The fourth-order valence-corrected chi connectivity index (χ4v) is 3.90. The number of aryl methyl sites for hydroxylation is 2. The first kappa shape index (κ1) is 22.0. The number of rotatable bonds is 7. The molecule has 1 aliphatic heterocycles. The second-order valence-corrected chi connectivity index (χ2v) is 8.10. The van der Waals surface area contributed by atoms with Crippen molar-refractivity contribution in [3.63, 3.8) is 0 Å². The summed E-state index contributed by atoms with van der Waals surface area (Å²) in [6.07, 6.45) is 3.55. The highest BCUT2D eigenvalue weighted by molar-refractivity contribution is 5.92. The lowest BCUT2D eigenvalue weighted by molar-refractivity contribution is 0.0383. The molecule has 8 nitrogen and oxygen atoms in total. The van der Waals surface area contributed by atoms with Crippen LogP contribution in [0.25, 0.3) is 11.4 Å². The van der Waals surface area contributed by atoms with Crippen molar-refractivity contribution >= 4 is 5.91 Å². The monoisotopic (exact) mass is 435 g/mol. The highest BCUT2D eigenvalue weighted by Gasteiger charge is 2.18. The standard InChI is InChI=1S/C24H29N5O3/c1-18-14-20(16-27(2)24(18)31)22-26-21(17-29(22)15-19-6-4-3-5-7-19)23(30)25-8-9-28-10-12-32-13-11-28/h3-7,14,16-17H,8-13,15H2,1-2H3,(H,25,30). The van der Waals surface area contributed by atoms with Crippen LogP contribution < -0.4 is 10.9 Å². The molecule has 1 aromatic carbocycles. The highest BCUT2D eigenvalue weighted by Crippen LogP contribution is 2.20. The molecule has 1 fully saturated rings. The van der Waals surface area contributed by atoms with Gasteiger partial charge in [-0.2, -0.15) is 0 Å². The molecule has 0 atom stereocenters. The van der Waals surface area contributed by atoms with Gasteiger partial charge in [-0.25, -0.2) is 4.98 Å². The summed E-state index contributed by atoms with van der Waals surface area (Å²) in [5.74, 6) is 0.457. The van der Waals surface area contributed by atoms with E-state index in [2.05, 4.69) is 15.2 Å². The number of carbonyl (C=O) groups is 1. The van der Waals surface area contributed by atoms with Gasteiger partial charge in [0.25, 0.3) is 11.5 Å². The van der Waals surface area contributed by atoms with Gasteiger partial charge in [0.1, 0.15) is 11.5 Å². The van der Waals surface area contributed by atoms with Crippen molar-refractivity contribution in [3.8, 4) is 11.4 Å². The average molecular weight is 436 g/mol. The zero-order valence-corrected chi connectivity index (χ0v) is 18.6. The number of ether oxygens (including phenoxy) is 1. The number of hydrogen-bond acceptors (Lipinski definition) is 5. The maximum absolute atomic E-state index is 12.8. The summed E-state index contributed by atoms with van der Waals surface area (Å²) >= 11 is 0. The first-order chi connectivity index (χ1) is 15.5. The van der Waals surface area contributed by atoms with Crippen molar-refractivity contribution in [2.45, 2.75) is 13.5 Å². The van der Waals surface area contributed by atoms with E-state index in [9.17, 15) is 9.59 Å². The number of amides is 1. The topological polar surface area (TPSA) is 81.4 Å². The summed E-state index contributed by atoms with van der Waals surface area (Å²) in [4.78, 5) is 31.9. The van der Waals surface area contributed by atoms with E-state index in [0.717, 1.165) is 44.0 Å². The predicted molar refractivity (Wildman–Crippen MR) is 123 cm³/mol. The minimum absolute atomic E-state index is 0.0454. The molecule has 168 valence electrons. The Hall–Kier alpha value is -3.23. The number of imidazole rings is 1. The second kappa shape index (κ2) is 9.93. The van der Waals surface area contributed by atoms with Crippen molar-refractivity contribution in [1.82, 2.24) is 24.3 Å². The number of morpholine rings is 1. The quantitative estimate of drug-likeness (QED) is 0.611. The molecule has 0 aliphatic carbocycles. The smallest absolute Gasteiger partial charge is 0.271 e. The first-order valence-corrected chi connectivity index (χ1v) is 10.9. The van der Waals surface area contributed by atoms with Crippen LogP contribution in [0.2, 0.25) is 0 Å². The first-order valence-electron chi connectivity index (χ1n) is 10.9. The van der Waals surface area contributed by atoms with Crippen LogP contribution >= 0.6 is 0 Å². The van der Waals surface area contributed by atoms with E-state index >= 15 is 0 Å². The van der Waals surface area contributed by atoms with Crippen molar-refractivity contribution in [2.24, 2.45) is 7.05 Å². The number of hydrogen-bond donors (Lipinski definition) is 1. The van der Waals surface area contributed by atoms with E-state index in [-0.39, 0.29) is 11.5 Å². The zero-order valence-electron chi connectivity index (χ0n) is 18.6. The van der Waals surface area contributed by atoms with Gasteiger partial charge >= 0.3 is 0 Å². The molecule has 1 aliphatic rings. The Morgan fingerprint density at radius 3 is 2.62 bits per heavy atom. The van der Waals surface area contributed by atoms with E-state index < -0.39 is 0 Å². The van der Waals surface area contributed by atoms with Gasteiger partial charge in [0, 0.05) is 63.3 Å². The molecule has 0 bridgehead atoms. The third-order valence-corrected chi connectivity index (χ3v) is 5.64. The molecule has 1 N–H and O–H groups in total. The molecule has 3 heterocycles. The molecule has 1 saturated heterocycles. The van der Waals surface area contributed by atoms with Crippen LogP contribution in [0, 0.1) is 6.92 Å². The summed E-state index contributed by atoms with van der Waals surface area (Å²) in [5.41, 5.74) is 2.86. The lowest BCUT2D eigenvalue weighted by atomic mass is 10.2. The minimum Gasteiger partial charge on any atom is -0.379 e. The number of pyridine rings is 1. The number of carbonyl (C=O) groups excluding carboxylic acids is 1. The van der Waals surface area contributed by atoms with Gasteiger partial charge in [0.15, 0.2) is 0 Å². The maximum atomic E-state index is 12.8. The van der Waals surface area contributed by atoms with Crippen LogP contribution in [-0.2, 0) is 18.3 Å². The van der Waals surface area contributed by atoms with Crippen LogP contribution in [-0.4, -0.2) is 64.3 Å². The number of nitrogens with zero attached hydrogens (tertiary/aromatic N) is 4. The van der Waals surface area contributed by atoms with Crippen LogP contribution in [0.5, 0.6) is 0 Å². The molecular formula is C24H29N5O3. The average Bonchev–Trinajstić information content (AvgIpc) is 3.22. The lowest BCUT2D eigenvalue weighted by Crippen LogP contribution is -2.41. The van der Waals surface area contributed by atoms with Gasteiger partial charge in [-0.15, -0.1) is 0 Å². The van der Waals surface area contributed by atoms with Gasteiger partial charge < -0.3 is 19.2 Å². The molecule has 0 radical (unpaired) electrons. The van der Waals surface area contributed by atoms with Gasteiger partial charge in [-0.1, -0.05) is 30.3 Å². The van der Waals surface area contributed by atoms with Crippen molar-refractivity contribution in [2.75, 3.05) is 39.4 Å². The molecule has 0 spiro atoms. The van der Waals surface area contributed by atoms with Crippen molar-refractivity contribution in [3.05, 3.63) is 76.0 Å². The van der Waals surface area contributed by atoms with Gasteiger partial charge in [0.2, 0.25) is 0 Å². The van der Waals surface area contributed by atoms with Crippen molar-refractivity contribution in [1.29, 1.82) is 0 Å². The summed E-state index contributed by atoms with van der Waals surface area (Å²) in [5, 5.41) is 2.98. The third-order valence-electron chi connectivity index (χ3n) is 5.64. The van der Waals surface area contributed by atoms with E-state index in [1.165, 1.54) is 0 Å². The van der Waals surface area contributed by atoms with E-state index in [1.54, 1.807) is 30.9 Å². The van der Waals surface area contributed by atoms with E-state index in [4.69, 9.17) is 4.74 Å². The number of aromatic nitrogens is 3. The Labute approximate surface area is 187 Å². The summed E-state index contributed by atoms with van der Waals surface area (Å²) in [6, 6.07) is 11.9. The predicted octanol–water partition coefficient (Wildman–Crippen LogP) is 1.67. The molecule has 1 amide bonds. The number of nitrogens with one attached hydrogen (secondary N) is 1.